The molecule has 1 aliphatic carbocycles. The number of nitrogens with one attached hydrogen (secondary N) is 2. The lowest BCUT2D eigenvalue weighted by Crippen LogP contribution is -2.17. The molecule has 1 saturated carbocycles. The average molecular weight is 290 g/mol. The molecule has 0 saturated heterocycles. The Hall–Kier alpha value is -1.36. The monoisotopic (exact) mass is 290 g/mol. The van der Waals surface area contributed by atoms with Gasteiger partial charge in [0.15, 0.2) is 0 Å². The highest BCUT2D eigenvalue weighted by Gasteiger charge is 2.22. The highest BCUT2D eigenvalue weighted by Crippen LogP contribution is 2.33. The van der Waals surface area contributed by atoms with Crippen molar-refractivity contribution in [2.24, 2.45) is 5.92 Å². The minimum absolute atomic E-state index is 0.554. The SMILES string of the molecule is CCc1cc2c(NC3CCC(C)C3)nc(NC)nc2s1. The fourth-order valence-electron chi connectivity index (χ4n) is 2.90. The standard InChI is InChI=1S/C15H22N4S/c1-4-11-8-12-13(17-10-6-5-9(2)7-10)18-15(16-3)19-14(12)20-11/h8-10H,4-7H2,1-3H3,(H2,16,17,18,19). The first-order valence-corrected chi connectivity index (χ1v) is 8.26. The van der Waals surface area contributed by atoms with Crippen LogP contribution in [0.15, 0.2) is 6.07 Å². The van der Waals surface area contributed by atoms with Crippen LogP contribution in [0.25, 0.3) is 10.2 Å². The van der Waals surface area contributed by atoms with E-state index in [0.29, 0.717) is 12.0 Å². The zero-order valence-corrected chi connectivity index (χ0v) is 13.2. The van der Waals surface area contributed by atoms with E-state index in [-0.39, 0.29) is 0 Å². The lowest BCUT2D eigenvalue weighted by molar-refractivity contribution is 0.602. The fourth-order valence-corrected chi connectivity index (χ4v) is 3.87. The quantitative estimate of drug-likeness (QED) is 0.896. The zero-order valence-electron chi connectivity index (χ0n) is 12.4. The highest BCUT2D eigenvalue weighted by atomic mass is 32.1. The molecule has 4 nitrogen and oxygen atoms in total. The first-order chi connectivity index (χ1) is 9.69. The number of aromatic nitrogens is 2. The summed E-state index contributed by atoms with van der Waals surface area (Å²) in [6.07, 6.45) is 4.85. The van der Waals surface area contributed by atoms with Gasteiger partial charge in [-0.2, -0.15) is 4.98 Å². The predicted octanol–water partition coefficient (Wildman–Crippen LogP) is 3.90. The second-order valence-corrected chi connectivity index (χ2v) is 6.81. The van der Waals surface area contributed by atoms with Gasteiger partial charge in [0.2, 0.25) is 5.95 Å². The molecule has 2 heterocycles. The van der Waals surface area contributed by atoms with E-state index < -0.39 is 0 Å². The molecular weight excluding hydrogens is 268 g/mol. The van der Waals surface area contributed by atoms with Crippen molar-refractivity contribution in [2.45, 2.75) is 45.6 Å². The van der Waals surface area contributed by atoms with Crippen molar-refractivity contribution in [3.8, 4) is 0 Å². The molecule has 0 spiro atoms. The number of hydrogen-bond acceptors (Lipinski definition) is 5. The van der Waals surface area contributed by atoms with Crippen LogP contribution in [0.3, 0.4) is 0 Å². The van der Waals surface area contributed by atoms with Gasteiger partial charge in [-0.3, -0.25) is 0 Å². The van der Waals surface area contributed by atoms with Crippen LogP contribution >= 0.6 is 11.3 Å². The second-order valence-electron chi connectivity index (χ2n) is 5.69. The summed E-state index contributed by atoms with van der Waals surface area (Å²) in [5.41, 5.74) is 0. The third-order valence-electron chi connectivity index (χ3n) is 4.05. The summed E-state index contributed by atoms with van der Waals surface area (Å²) in [5, 5.41) is 7.88. The van der Waals surface area contributed by atoms with Gasteiger partial charge >= 0.3 is 0 Å². The predicted molar refractivity (Wildman–Crippen MR) is 86.8 cm³/mol. The molecule has 3 rings (SSSR count). The van der Waals surface area contributed by atoms with Crippen LogP contribution in [0.4, 0.5) is 11.8 Å². The molecule has 2 aromatic heterocycles. The molecule has 0 aromatic carbocycles. The Kier molecular flexibility index (Phi) is 3.78. The molecule has 108 valence electrons. The molecule has 5 heteroatoms. The van der Waals surface area contributed by atoms with Gasteiger partial charge in [0, 0.05) is 18.0 Å². The van der Waals surface area contributed by atoms with E-state index >= 15 is 0 Å². The van der Waals surface area contributed by atoms with E-state index in [9.17, 15) is 0 Å². The topological polar surface area (TPSA) is 49.8 Å². The van der Waals surface area contributed by atoms with Crippen LogP contribution in [-0.4, -0.2) is 23.1 Å². The Balaban J connectivity index is 1.96. The van der Waals surface area contributed by atoms with Crippen molar-refractivity contribution in [3.05, 3.63) is 10.9 Å². The molecule has 1 aliphatic rings. The Morgan fingerprint density at radius 1 is 1.35 bits per heavy atom. The summed E-state index contributed by atoms with van der Waals surface area (Å²) < 4.78 is 0. The number of hydrogen-bond donors (Lipinski definition) is 2. The smallest absolute Gasteiger partial charge is 0.225 e. The number of thiophene rings is 1. The summed E-state index contributed by atoms with van der Waals surface area (Å²) in [7, 11) is 1.87. The summed E-state index contributed by atoms with van der Waals surface area (Å²) in [6.45, 7) is 4.51. The maximum Gasteiger partial charge on any atom is 0.225 e. The molecule has 0 aliphatic heterocycles. The van der Waals surface area contributed by atoms with Crippen molar-refractivity contribution < 1.29 is 0 Å². The van der Waals surface area contributed by atoms with E-state index in [4.69, 9.17) is 0 Å². The molecule has 0 amide bonds. The van der Waals surface area contributed by atoms with Crippen molar-refractivity contribution in [3.63, 3.8) is 0 Å². The van der Waals surface area contributed by atoms with Crippen LogP contribution in [-0.2, 0) is 6.42 Å². The normalized spacial score (nSPS) is 22.4. The fraction of sp³-hybridized carbons (Fsp3) is 0.600. The van der Waals surface area contributed by atoms with Crippen LogP contribution in [0.1, 0.15) is 38.0 Å². The third-order valence-corrected chi connectivity index (χ3v) is 5.22. The summed E-state index contributed by atoms with van der Waals surface area (Å²) >= 11 is 1.77. The lowest BCUT2D eigenvalue weighted by Gasteiger charge is -2.14. The van der Waals surface area contributed by atoms with E-state index in [1.807, 2.05) is 7.05 Å². The van der Waals surface area contributed by atoms with Gasteiger partial charge in [0.05, 0.1) is 5.39 Å². The van der Waals surface area contributed by atoms with Gasteiger partial charge in [-0.1, -0.05) is 13.8 Å². The van der Waals surface area contributed by atoms with Gasteiger partial charge < -0.3 is 10.6 Å². The molecule has 2 N–H and O–H groups in total. The van der Waals surface area contributed by atoms with Crippen LogP contribution in [0, 0.1) is 5.92 Å². The van der Waals surface area contributed by atoms with E-state index in [2.05, 4.69) is 40.5 Å². The Morgan fingerprint density at radius 3 is 2.85 bits per heavy atom. The van der Waals surface area contributed by atoms with E-state index in [1.54, 1.807) is 11.3 Å². The molecule has 0 radical (unpaired) electrons. The maximum absolute atomic E-state index is 4.63. The number of fused-ring (bicyclic) bond motifs is 1. The Morgan fingerprint density at radius 2 is 2.20 bits per heavy atom. The molecule has 20 heavy (non-hydrogen) atoms. The van der Waals surface area contributed by atoms with Crippen molar-refractivity contribution in [1.82, 2.24) is 9.97 Å². The minimum atomic E-state index is 0.554. The van der Waals surface area contributed by atoms with Crippen LogP contribution in [0.5, 0.6) is 0 Å². The Bertz CT molecular complexity index is 607. The van der Waals surface area contributed by atoms with Gasteiger partial charge in [-0.15, -0.1) is 11.3 Å². The average Bonchev–Trinajstić information content (AvgIpc) is 3.04. The first-order valence-electron chi connectivity index (χ1n) is 7.44. The third kappa shape index (κ3) is 2.59. The minimum Gasteiger partial charge on any atom is -0.367 e. The number of rotatable bonds is 4. The van der Waals surface area contributed by atoms with Crippen LogP contribution in [0.2, 0.25) is 0 Å². The number of anilines is 2. The van der Waals surface area contributed by atoms with Gasteiger partial charge in [0.25, 0.3) is 0 Å². The molecular formula is C15H22N4S. The van der Waals surface area contributed by atoms with E-state index in [1.165, 1.54) is 29.5 Å². The summed E-state index contributed by atoms with van der Waals surface area (Å²) in [5.74, 6) is 2.52. The summed E-state index contributed by atoms with van der Waals surface area (Å²) in [6, 6.07) is 2.79. The van der Waals surface area contributed by atoms with Crippen molar-refractivity contribution in [2.75, 3.05) is 17.7 Å². The number of aryl methyl sites for hydroxylation is 1. The zero-order chi connectivity index (χ0) is 14.1. The molecule has 0 bridgehead atoms. The van der Waals surface area contributed by atoms with Gasteiger partial charge in [-0.25, -0.2) is 4.98 Å². The summed E-state index contributed by atoms with van der Waals surface area (Å²) in [4.78, 5) is 11.6. The number of nitrogens with zero attached hydrogens (tertiary/aromatic N) is 2. The van der Waals surface area contributed by atoms with E-state index in [0.717, 1.165) is 23.0 Å². The van der Waals surface area contributed by atoms with Gasteiger partial charge in [-0.05, 0) is 37.7 Å². The second kappa shape index (κ2) is 5.56. The van der Waals surface area contributed by atoms with Crippen LogP contribution < -0.4 is 10.6 Å². The molecule has 2 atom stereocenters. The van der Waals surface area contributed by atoms with Gasteiger partial charge in [0.1, 0.15) is 10.6 Å². The van der Waals surface area contributed by atoms with Crippen molar-refractivity contribution in [1.29, 1.82) is 0 Å². The molecule has 1 fully saturated rings. The largest absolute Gasteiger partial charge is 0.367 e. The highest BCUT2D eigenvalue weighted by molar-refractivity contribution is 7.18. The molecule has 2 aromatic rings. The molecule has 2 unspecified atom stereocenters. The van der Waals surface area contributed by atoms with Crippen molar-refractivity contribution >= 4 is 33.3 Å². The Labute approximate surface area is 124 Å². The maximum atomic E-state index is 4.63. The first kappa shape index (κ1) is 13.6. The lowest BCUT2D eigenvalue weighted by atomic mass is 10.1.